The molecule has 1 saturated heterocycles. The van der Waals surface area contributed by atoms with Gasteiger partial charge in [-0.15, -0.1) is 0 Å². The van der Waals surface area contributed by atoms with Gasteiger partial charge in [0.25, 0.3) is 5.91 Å². The van der Waals surface area contributed by atoms with Crippen molar-refractivity contribution >= 4 is 11.9 Å². The van der Waals surface area contributed by atoms with Crippen LogP contribution in [0.5, 0.6) is 0 Å². The maximum Gasteiger partial charge on any atom is 0.308 e. The number of halogens is 1. The molecule has 132 valence electrons. The lowest BCUT2D eigenvalue weighted by Crippen LogP contribution is -2.45. The van der Waals surface area contributed by atoms with E-state index >= 15 is 0 Å². The molecular formula is C18H20FN3O3. The van der Waals surface area contributed by atoms with Gasteiger partial charge in [0.05, 0.1) is 11.6 Å². The van der Waals surface area contributed by atoms with Crippen molar-refractivity contribution in [2.24, 2.45) is 11.8 Å². The molecule has 1 aliphatic rings. The molecule has 1 aliphatic heterocycles. The van der Waals surface area contributed by atoms with E-state index in [0.29, 0.717) is 29.9 Å². The van der Waals surface area contributed by atoms with Crippen LogP contribution in [0.4, 0.5) is 4.39 Å². The molecular weight excluding hydrogens is 325 g/mol. The first-order valence-electron chi connectivity index (χ1n) is 8.19. The van der Waals surface area contributed by atoms with E-state index in [1.165, 1.54) is 16.8 Å². The Morgan fingerprint density at radius 3 is 2.56 bits per heavy atom. The van der Waals surface area contributed by atoms with Crippen LogP contribution in [-0.2, 0) is 4.79 Å². The molecule has 6 nitrogen and oxygen atoms in total. The minimum Gasteiger partial charge on any atom is -0.481 e. The molecule has 0 spiro atoms. The molecule has 1 aromatic heterocycles. The topological polar surface area (TPSA) is 75.4 Å². The highest BCUT2D eigenvalue weighted by Gasteiger charge is 2.33. The van der Waals surface area contributed by atoms with Crippen LogP contribution >= 0.6 is 0 Å². The second kappa shape index (κ2) is 6.66. The summed E-state index contributed by atoms with van der Waals surface area (Å²) in [7, 11) is 0. The van der Waals surface area contributed by atoms with E-state index in [-0.39, 0.29) is 24.2 Å². The third-order valence-electron chi connectivity index (χ3n) is 4.49. The molecule has 2 atom stereocenters. The minimum atomic E-state index is -0.877. The SMILES string of the molecule is Cc1cn(-c2ccc(F)cc2)nc1C(=O)N1CC(C)CC(C(=O)O)C1. The predicted molar refractivity (Wildman–Crippen MR) is 89.1 cm³/mol. The molecule has 3 rings (SSSR count). The zero-order chi connectivity index (χ0) is 18.1. The third kappa shape index (κ3) is 3.55. The van der Waals surface area contributed by atoms with Gasteiger partial charge in [-0.05, 0) is 43.5 Å². The number of rotatable bonds is 3. The summed E-state index contributed by atoms with van der Waals surface area (Å²) in [4.78, 5) is 25.7. The number of carboxylic acids is 1. The molecule has 1 N–H and O–H groups in total. The Labute approximate surface area is 144 Å². The van der Waals surface area contributed by atoms with Crippen molar-refractivity contribution in [3.63, 3.8) is 0 Å². The van der Waals surface area contributed by atoms with E-state index in [1.54, 1.807) is 30.2 Å². The Morgan fingerprint density at radius 2 is 1.92 bits per heavy atom. The number of carboxylic acid groups (broad SMARTS) is 1. The van der Waals surface area contributed by atoms with Crippen LogP contribution < -0.4 is 0 Å². The van der Waals surface area contributed by atoms with E-state index in [0.717, 1.165) is 0 Å². The number of carbonyl (C=O) groups is 2. The van der Waals surface area contributed by atoms with Crippen molar-refractivity contribution < 1.29 is 19.1 Å². The van der Waals surface area contributed by atoms with Gasteiger partial charge in [0.1, 0.15) is 5.82 Å². The fourth-order valence-electron chi connectivity index (χ4n) is 3.24. The lowest BCUT2D eigenvalue weighted by Gasteiger charge is -2.34. The smallest absolute Gasteiger partial charge is 0.308 e. The lowest BCUT2D eigenvalue weighted by atomic mass is 9.90. The minimum absolute atomic E-state index is 0.123. The van der Waals surface area contributed by atoms with Crippen LogP contribution in [0.2, 0.25) is 0 Å². The van der Waals surface area contributed by atoms with Crippen LogP contribution in [0.3, 0.4) is 0 Å². The molecule has 2 heterocycles. The van der Waals surface area contributed by atoms with Crippen LogP contribution in [0, 0.1) is 24.6 Å². The Kier molecular flexibility index (Phi) is 4.57. The standard InChI is InChI=1S/C18H20FN3O3/c1-11-7-13(18(24)25)10-21(8-11)17(23)16-12(2)9-22(20-16)15-5-3-14(19)4-6-15/h3-6,9,11,13H,7-8,10H2,1-2H3,(H,24,25). The van der Waals surface area contributed by atoms with Crippen molar-refractivity contribution in [1.82, 2.24) is 14.7 Å². The van der Waals surface area contributed by atoms with Crippen molar-refractivity contribution in [1.29, 1.82) is 0 Å². The summed E-state index contributed by atoms with van der Waals surface area (Å²) >= 11 is 0. The van der Waals surface area contributed by atoms with E-state index in [2.05, 4.69) is 5.10 Å². The normalized spacial score (nSPS) is 20.5. The van der Waals surface area contributed by atoms with Gasteiger partial charge in [-0.2, -0.15) is 5.10 Å². The highest BCUT2D eigenvalue weighted by molar-refractivity contribution is 5.94. The number of hydrogen-bond acceptors (Lipinski definition) is 3. The lowest BCUT2D eigenvalue weighted by molar-refractivity contribution is -0.143. The number of benzene rings is 1. The quantitative estimate of drug-likeness (QED) is 0.927. The molecule has 0 radical (unpaired) electrons. The summed E-state index contributed by atoms with van der Waals surface area (Å²) in [6.07, 6.45) is 2.28. The van der Waals surface area contributed by atoms with Gasteiger partial charge in [0.15, 0.2) is 5.69 Å². The van der Waals surface area contributed by atoms with Gasteiger partial charge in [0, 0.05) is 24.8 Å². The van der Waals surface area contributed by atoms with Gasteiger partial charge in [0.2, 0.25) is 0 Å². The van der Waals surface area contributed by atoms with Crippen LogP contribution in [0.25, 0.3) is 5.69 Å². The first-order valence-corrected chi connectivity index (χ1v) is 8.19. The molecule has 0 aliphatic carbocycles. The number of amides is 1. The average Bonchev–Trinajstić information content (AvgIpc) is 2.96. The number of likely N-dealkylation sites (tertiary alicyclic amines) is 1. The van der Waals surface area contributed by atoms with Gasteiger partial charge in [-0.3, -0.25) is 9.59 Å². The fourth-order valence-corrected chi connectivity index (χ4v) is 3.24. The Balaban J connectivity index is 1.85. The number of piperidine rings is 1. The second-order valence-electron chi connectivity index (χ2n) is 6.67. The average molecular weight is 345 g/mol. The summed E-state index contributed by atoms with van der Waals surface area (Å²) in [5.74, 6) is -1.91. The molecule has 1 amide bonds. The van der Waals surface area contributed by atoms with E-state index < -0.39 is 11.9 Å². The monoisotopic (exact) mass is 345 g/mol. The predicted octanol–water partition coefficient (Wildman–Crippen LogP) is 2.50. The Hall–Kier alpha value is -2.70. The molecule has 0 bridgehead atoms. The summed E-state index contributed by atoms with van der Waals surface area (Å²) in [6.45, 7) is 4.44. The molecule has 2 unspecified atom stereocenters. The number of hydrogen-bond donors (Lipinski definition) is 1. The highest BCUT2D eigenvalue weighted by Crippen LogP contribution is 2.24. The first-order chi connectivity index (χ1) is 11.8. The highest BCUT2D eigenvalue weighted by atomic mass is 19.1. The number of aliphatic carboxylic acids is 1. The maximum absolute atomic E-state index is 13.1. The summed E-state index contributed by atoms with van der Waals surface area (Å²) < 4.78 is 14.6. The number of aryl methyl sites for hydroxylation is 1. The molecule has 2 aromatic rings. The fraction of sp³-hybridized carbons (Fsp3) is 0.389. The zero-order valence-corrected chi connectivity index (χ0v) is 14.1. The largest absolute Gasteiger partial charge is 0.481 e. The maximum atomic E-state index is 13.1. The molecule has 25 heavy (non-hydrogen) atoms. The van der Waals surface area contributed by atoms with Gasteiger partial charge >= 0.3 is 5.97 Å². The van der Waals surface area contributed by atoms with Crippen LogP contribution in [-0.4, -0.2) is 44.8 Å². The summed E-state index contributed by atoms with van der Waals surface area (Å²) in [5.41, 5.74) is 1.64. The molecule has 7 heteroatoms. The summed E-state index contributed by atoms with van der Waals surface area (Å²) in [6, 6.07) is 5.83. The Morgan fingerprint density at radius 1 is 1.24 bits per heavy atom. The van der Waals surface area contributed by atoms with Gasteiger partial charge < -0.3 is 10.0 Å². The van der Waals surface area contributed by atoms with Crippen molar-refractivity contribution in [3.05, 3.63) is 47.5 Å². The second-order valence-corrected chi connectivity index (χ2v) is 6.67. The summed E-state index contributed by atoms with van der Waals surface area (Å²) in [5, 5.41) is 13.6. The van der Waals surface area contributed by atoms with Crippen LogP contribution in [0.15, 0.2) is 30.5 Å². The third-order valence-corrected chi connectivity index (χ3v) is 4.49. The van der Waals surface area contributed by atoms with E-state index in [4.69, 9.17) is 0 Å². The number of carbonyl (C=O) groups excluding carboxylic acids is 1. The molecule has 0 saturated carbocycles. The van der Waals surface area contributed by atoms with E-state index in [9.17, 15) is 19.1 Å². The van der Waals surface area contributed by atoms with Gasteiger partial charge in [-0.25, -0.2) is 9.07 Å². The number of aromatic nitrogens is 2. The van der Waals surface area contributed by atoms with Crippen molar-refractivity contribution in [2.45, 2.75) is 20.3 Å². The molecule has 1 fully saturated rings. The molecule has 1 aromatic carbocycles. The van der Waals surface area contributed by atoms with Crippen molar-refractivity contribution in [3.8, 4) is 5.69 Å². The van der Waals surface area contributed by atoms with Crippen molar-refractivity contribution in [2.75, 3.05) is 13.1 Å². The Bertz CT molecular complexity index is 800. The number of nitrogens with zero attached hydrogens (tertiary/aromatic N) is 3. The van der Waals surface area contributed by atoms with E-state index in [1.807, 2.05) is 6.92 Å². The van der Waals surface area contributed by atoms with Gasteiger partial charge in [-0.1, -0.05) is 6.92 Å². The first kappa shape index (κ1) is 17.1. The van der Waals surface area contributed by atoms with Crippen LogP contribution in [0.1, 0.15) is 29.4 Å². The zero-order valence-electron chi connectivity index (χ0n) is 14.1.